The highest BCUT2D eigenvalue weighted by Gasteiger charge is 2.19. The highest BCUT2D eigenvalue weighted by Crippen LogP contribution is 2.02. The fourth-order valence-electron chi connectivity index (χ4n) is 1.01. The molecule has 0 saturated carbocycles. The Hall–Kier alpha value is -1.10. The number of aliphatic carboxylic acids is 1. The van der Waals surface area contributed by atoms with Crippen molar-refractivity contribution in [3.05, 3.63) is 0 Å². The van der Waals surface area contributed by atoms with E-state index in [1.54, 1.807) is 0 Å². The Morgan fingerprint density at radius 2 is 2.42 bits per heavy atom. The number of hydrogen-bond acceptors (Lipinski definition) is 4. The lowest BCUT2D eigenvalue weighted by Gasteiger charge is -2.12. The predicted octanol–water partition coefficient (Wildman–Crippen LogP) is -1.67. The zero-order valence-corrected chi connectivity index (χ0v) is 6.62. The fourth-order valence-corrected chi connectivity index (χ4v) is 1.01. The van der Waals surface area contributed by atoms with Crippen molar-refractivity contribution >= 4 is 11.9 Å². The van der Waals surface area contributed by atoms with Crippen molar-refractivity contribution in [1.82, 2.24) is 4.90 Å². The molecular weight excluding hydrogens is 162 g/mol. The molecule has 0 atom stereocenters. The number of carbonyl (C=O) groups is 2. The summed E-state index contributed by atoms with van der Waals surface area (Å²) >= 11 is 0. The van der Waals surface area contributed by atoms with E-state index in [0.29, 0.717) is 13.0 Å². The summed E-state index contributed by atoms with van der Waals surface area (Å²) in [5.41, 5.74) is 0. The molecule has 5 heteroatoms. The second-order valence-corrected chi connectivity index (χ2v) is 2.61. The van der Waals surface area contributed by atoms with Crippen molar-refractivity contribution in [2.45, 2.75) is 12.8 Å². The van der Waals surface area contributed by atoms with E-state index in [-0.39, 0.29) is 25.7 Å². The van der Waals surface area contributed by atoms with Gasteiger partial charge in [0.1, 0.15) is 13.3 Å². The van der Waals surface area contributed by atoms with E-state index in [2.05, 4.69) is 0 Å². The Morgan fingerprint density at radius 3 is 2.92 bits per heavy atom. The van der Waals surface area contributed by atoms with E-state index >= 15 is 0 Å². The third-order valence-corrected chi connectivity index (χ3v) is 1.63. The summed E-state index contributed by atoms with van der Waals surface area (Å²) in [6.45, 7) is 0.837. The first-order valence-electron chi connectivity index (χ1n) is 3.75. The van der Waals surface area contributed by atoms with E-state index < -0.39 is 5.97 Å². The highest BCUT2D eigenvalue weighted by molar-refractivity contribution is 5.78. The maximum Gasteiger partial charge on any atom is 0.250 e. The van der Waals surface area contributed by atoms with Crippen LogP contribution in [-0.4, -0.2) is 36.7 Å². The minimum atomic E-state index is -1.08. The number of ether oxygens (including phenoxy) is 1. The molecule has 1 aliphatic heterocycles. The average Bonchev–Trinajstić information content (AvgIpc) is 2.36. The second kappa shape index (κ2) is 4.06. The Kier molecular flexibility index (Phi) is 3.04. The molecule has 0 bridgehead atoms. The van der Waals surface area contributed by atoms with E-state index in [9.17, 15) is 14.7 Å². The summed E-state index contributed by atoms with van der Waals surface area (Å²) in [7, 11) is 0. The number of carboxylic acid groups (broad SMARTS) is 1. The fraction of sp³-hybridized carbons (Fsp3) is 0.714. The van der Waals surface area contributed by atoms with Gasteiger partial charge in [0.05, 0.1) is 0 Å². The first-order chi connectivity index (χ1) is 5.70. The van der Waals surface area contributed by atoms with Gasteiger partial charge in [-0.3, -0.25) is 4.79 Å². The van der Waals surface area contributed by atoms with Crippen LogP contribution in [0.4, 0.5) is 0 Å². The molecule has 1 fully saturated rings. The van der Waals surface area contributed by atoms with Gasteiger partial charge in [0, 0.05) is 12.5 Å². The average molecular weight is 172 g/mol. The zero-order chi connectivity index (χ0) is 8.97. The van der Waals surface area contributed by atoms with Crippen molar-refractivity contribution in [1.29, 1.82) is 0 Å². The Labute approximate surface area is 69.9 Å². The SMILES string of the molecule is O=C([O-])CCCN1COCC1=O. The standard InChI is InChI=1S/C7H11NO4/c9-6-4-12-5-8(6)3-1-2-7(10)11/h1-5H2,(H,10,11)/p-1. The number of carbonyl (C=O) groups excluding carboxylic acids is 2. The van der Waals surface area contributed by atoms with E-state index in [1.807, 2.05) is 0 Å². The molecule has 1 aliphatic rings. The van der Waals surface area contributed by atoms with Crippen LogP contribution < -0.4 is 5.11 Å². The molecular formula is C7H10NO4-. The van der Waals surface area contributed by atoms with Crippen molar-refractivity contribution in [2.24, 2.45) is 0 Å². The Balaban J connectivity index is 2.14. The Bertz CT molecular complexity index is 192. The summed E-state index contributed by atoms with van der Waals surface area (Å²) in [5, 5.41) is 10.0. The van der Waals surface area contributed by atoms with Crippen molar-refractivity contribution < 1.29 is 19.4 Å². The third kappa shape index (κ3) is 2.50. The summed E-state index contributed by atoms with van der Waals surface area (Å²) in [6.07, 6.45) is 0.418. The molecule has 0 radical (unpaired) electrons. The van der Waals surface area contributed by atoms with Crippen LogP contribution in [0.15, 0.2) is 0 Å². The second-order valence-electron chi connectivity index (χ2n) is 2.61. The van der Waals surface area contributed by atoms with Crippen LogP contribution in [0, 0.1) is 0 Å². The van der Waals surface area contributed by atoms with Crippen LogP contribution in [0.2, 0.25) is 0 Å². The van der Waals surface area contributed by atoms with E-state index in [4.69, 9.17) is 4.74 Å². The van der Waals surface area contributed by atoms with Gasteiger partial charge in [-0.2, -0.15) is 0 Å². The molecule has 0 aromatic heterocycles. The van der Waals surface area contributed by atoms with Crippen LogP contribution in [0.3, 0.4) is 0 Å². The molecule has 0 N–H and O–H groups in total. The summed E-state index contributed by atoms with van der Waals surface area (Å²) in [6, 6.07) is 0. The zero-order valence-electron chi connectivity index (χ0n) is 6.62. The van der Waals surface area contributed by atoms with Crippen molar-refractivity contribution in [2.75, 3.05) is 19.9 Å². The number of amides is 1. The van der Waals surface area contributed by atoms with Crippen LogP contribution in [0.5, 0.6) is 0 Å². The molecule has 1 heterocycles. The van der Waals surface area contributed by atoms with Crippen LogP contribution in [0.1, 0.15) is 12.8 Å². The minimum absolute atomic E-state index is 0.0101. The van der Waals surface area contributed by atoms with Crippen molar-refractivity contribution in [3.63, 3.8) is 0 Å². The molecule has 0 aliphatic carbocycles. The molecule has 12 heavy (non-hydrogen) atoms. The normalized spacial score (nSPS) is 17.0. The number of carboxylic acids is 1. The summed E-state index contributed by atoms with van der Waals surface area (Å²) in [4.78, 5) is 22.4. The number of hydrogen-bond donors (Lipinski definition) is 0. The minimum Gasteiger partial charge on any atom is -0.550 e. The number of nitrogens with zero attached hydrogens (tertiary/aromatic N) is 1. The Morgan fingerprint density at radius 1 is 1.67 bits per heavy atom. The molecule has 1 rings (SSSR count). The van der Waals surface area contributed by atoms with E-state index in [1.165, 1.54) is 4.90 Å². The lowest BCUT2D eigenvalue weighted by Crippen LogP contribution is -2.29. The van der Waals surface area contributed by atoms with Gasteiger partial charge in [-0.1, -0.05) is 0 Å². The van der Waals surface area contributed by atoms with Gasteiger partial charge < -0.3 is 19.5 Å². The molecule has 68 valence electrons. The quantitative estimate of drug-likeness (QED) is 0.508. The van der Waals surface area contributed by atoms with Gasteiger partial charge in [0.15, 0.2) is 0 Å². The molecule has 0 unspecified atom stereocenters. The van der Waals surface area contributed by atoms with Crippen LogP contribution in [-0.2, 0) is 14.3 Å². The highest BCUT2D eigenvalue weighted by atomic mass is 16.5. The first-order valence-corrected chi connectivity index (χ1v) is 3.75. The van der Waals surface area contributed by atoms with Gasteiger partial charge in [-0.05, 0) is 12.8 Å². The predicted molar refractivity (Wildman–Crippen MR) is 36.8 cm³/mol. The topological polar surface area (TPSA) is 69.7 Å². The largest absolute Gasteiger partial charge is 0.550 e. The molecule has 0 aromatic rings. The maximum atomic E-state index is 10.9. The summed E-state index contributed by atoms with van der Waals surface area (Å²) in [5.74, 6) is -1.16. The monoisotopic (exact) mass is 172 g/mol. The van der Waals surface area contributed by atoms with Gasteiger partial charge in [-0.25, -0.2) is 0 Å². The molecule has 5 nitrogen and oxygen atoms in total. The molecule has 1 amide bonds. The van der Waals surface area contributed by atoms with Gasteiger partial charge >= 0.3 is 0 Å². The lowest BCUT2D eigenvalue weighted by atomic mass is 10.3. The van der Waals surface area contributed by atoms with Crippen molar-refractivity contribution in [3.8, 4) is 0 Å². The molecule has 0 aromatic carbocycles. The summed E-state index contributed by atoms with van der Waals surface area (Å²) < 4.78 is 4.84. The molecule has 0 spiro atoms. The number of rotatable bonds is 4. The smallest absolute Gasteiger partial charge is 0.250 e. The third-order valence-electron chi connectivity index (χ3n) is 1.63. The van der Waals surface area contributed by atoms with Crippen LogP contribution in [0.25, 0.3) is 0 Å². The lowest BCUT2D eigenvalue weighted by molar-refractivity contribution is -0.305. The van der Waals surface area contributed by atoms with Gasteiger partial charge in [0.25, 0.3) is 0 Å². The maximum absolute atomic E-state index is 10.9. The van der Waals surface area contributed by atoms with Crippen LogP contribution >= 0.6 is 0 Å². The van der Waals surface area contributed by atoms with E-state index in [0.717, 1.165) is 0 Å². The molecule has 1 saturated heterocycles. The first kappa shape index (κ1) is 8.99. The van der Waals surface area contributed by atoms with Gasteiger partial charge in [-0.15, -0.1) is 0 Å². The van der Waals surface area contributed by atoms with Gasteiger partial charge in [0.2, 0.25) is 5.91 Å².